The van der Waals surface area contributed by atoms with Crippen LogP contribution in [0.4, 0.5) is 5.69 Å². The second-order valence-corrected chi connectivity index (χ2v) is 5.47. The highest BCUT2D eigenvalue weighted by atomic mass is 79.9. The lowest BCUT2D eigenvalue weighted by atomic mass is 10.0. The lowest BCUT2D eigenvalue weighted by molar-refractivity contribution is 1.53. The van der Waals surface area contributed by atoms with Crippen molar-refractivity contribution in [3.63, 3.8) is 0 Å². The smallest absolute Gasteiger partial charge is 0.117 e. The lowest BCUT2D eigenvalue weighted by Gasteiger charge is -2.06. The molecule has 0 saturated carbocycles. The molecule has 1 aliphatic rings. The molecule has 90 valence electrons. The molecule has 0 spiro atoms. The Labute approximate surface area is 118 Å². The number of nitrogens with zero attached hydrogens (tertiary/aromatic N) is 1. The molecule has 0 radical (unpaired) electrons. The van der Waals surface area contributed by atoms with Gasteiger partial charge < -0.3 is 0 Å². The second kappa shape index (κ2) is 3.75. The van der Waals surface area contributed by atoms with Crippen LogP contribution < -0.4 is 0 Å². The van der Waals surface area contributed by atoms with E-state index in [0.29, 0.717) is 5.69 Å². The van der Waals surface area contributed by atoms with Crippen molar-refractivity contribution in [3.05, 3.63) is 57.9 Å². The lowest BCUT2D eigenvalue weighted by Crippen LogP contribution is -1.79. The summed E-state index contributed by atoms with van der Waals surface area (Å²) in [4.78, 5) is 11.0. The van der Waals surface area contributed by atoms with Crippen molar-refractivity contribution in [3.8, 4) is 22.3 Å². The minimum absolute atomic E-state index is 0.486. The van der Waals surface area contributed by atoms with Gasteiger partial charge in [0.05, 0.1) is 0 Å². The first-order valence-corrected chi connectivity index (χ1v) is 6.79. The van der Waals surface area contributed by atoms with E-state index in [0.717, 1.165) is 20.8 Å². The van der Waals surface area contributed by atoms with Gasteiger partial charge in [0.2, 0.25) is 0 Å². The highest BCUT2D eigenvalue weighted by Crippen LogP contribution is 2.52. The van der Waals surface area contributed by atoms with Crippen molar-refractivity contribution >= 4 is 32.4 Å². The predicted octanol–water partition coefficient (Wildman–Crippen LogP) is 5.65. The molecule has 0 aromatic heterocycles. The third-order valence-corrected chi connectivity index (χ3v) is 4.30. The summed E-state index contributed by atoms with van der Waals surface area (Å²) in [6.07, 6.45) is 0. The first kappa shape index (κ1) is 10.9. The number of fused-ring (bicyclic) bond motifs is 3. The second-order valence-electron chi connectivity index (χ2n) is 4.62. The number of hydrogen-bond donors (Lipinski definition) is 0. The Morgan fingerprint density at radius 1 is 0.895 bits per heavy atom. The van der Waals surface area contributed by atoms with E-state index in [4.69, 9.17) is 0 Å². The number of halogens is 1. The summed E-state index contributed by atoms with van der Waals surface area (Å²) >= 11 is 3.57. The number of rotatable bonds is 1. The third kappa shape index (κ3) is 1.31. The van der Waals surface area contributed by atoms with Gasteiger partial charge in [-0.25, -0.2) is 0 Å². The van der Waals surface area contributed by atoms with E-state index in [1.807, 2.05) is 24.3 Å². The van der Waals surface area contributed by atoms with Gasteiger partial charge in [-0.15, -0.1) is 4.91 Å². The summed E-state index contributed by atoms with van der Waals surface area (Å²) in [6, 6.07) is 16.1. The molecule has 19 heavy (non-hydrogen) atoms. The van der Waals surface area contributed by atoms with Crippen molar-refractivity contribution in [1.29, 1.82) is 0 Å². The third-order valence-electron chi connectivity index (χ3n) is 3.68. The molecular formula is C16H8BrNO. The molecule has 2 nitrogen and oxygen atoms in total. The molecule has 3 aromatic rings. The Balaban J connectivity index is 2.31. The molecule has 0 heterocycles. The minimum Gasteiger partial charge on any atom is -0.145 e. The van der Waals surface area contributed by atoms with Gasteiger partial charge in [0.1, 0.15) is 5.69 Å². The van der Waals surface area contributed by atoms with Gasteiger partial charge in [0.15, 0.2) is 0 Å². The maximum absolute atomic E-state index is 11.0. The zero-order valence-corrected chi connectivity index (χ0v) is 11.4. The van der Waals surface area contributed by atoms with Crippen molar-refractivity contribution in [2.24, 2.45) is 5.18 Å². The van der Waals surface area contributed by atoms with E-state index in [9.17, 15) is 4.91 Å². The summed E-state index contributed by atoms with van der Waals surface area (Å²) in [6.45, 7) is 0. The van der Waals surface area contributed by atoms with Crippen molar-refractivity contribution < 1.29 is 0 Å². The molecular weight excluding hydrogens is 302 g/mol. The van der Waals surface area contributed by atoms with Crippen LogP contribution in [0, 0.1) is 4.91 Å². The molecule has 0 bridgehead atoms. The minimum atomic E-state index is 0.486. The normalized spacial score (nSPS) is 11.6. The first-order chi connectivity index (χ1) is 9.31. The van der Waals surface area contributed by atoms with Gasteiger partial charge in [-0.2, -0.15) is 0 Å². The number of nitroso groups, excluding NO2 is 1. The Kier molecular flexibility index (Phi) is 2.15. The fourth-order valence-corrected chi connectivity index (χ4v) is 3.55. The average molecular weight is 310 g/mol. The Morgan fingerprint density at radius 3 is 2.42 bits per heavy atom. The molecule has 1 aliphatic carbocycles. The van der Waals surface area contributed by atoms with Gasteiger partial charge in [-0.1, -0.05) is 58.4 Å². The average Bonchev–Trinajstić information content (AvgIpc) is 2.79. The molecule has 0 aliphatic heterocycles. The van der Waals surface area contributed by atoms with Gasteiger partial charge in [0.25, 0.3) is 0 Å². The molecule has 3 aromatic carbocycles. The van der Waals surface area contributed by atoms with Crippen molar-refractivity contribution in [1.82, 2.24) is 0 Å². The Hall–Kier alpha value is -2.00. The first-order valence-electron chi connectivity index (χ1n) is 5.99. The molecule has 0 amide bonds. The molecule has 0 atom stereocenters. The van der Waals surface area contributed by atoms with Gasteiger partial charge in [0, 0.05) is 20.8 Å². The largest absolute Gasteiger partial charge is 0.145 e. The molecule has 3 heteroatoms. The molecule has 0 N–H and O–H groups in total. The summed E-state index contributed by atoms with van der Waals surface area (Å²) < 4.78 is 0.923. The fraction of sp³-hybridized carbons (Fsp3) is 0. The zero-order chi connectivity index (χ0) is 13.0. The van der Waals surface area contributed by atoms with Crippen LogP contribution >= 0.6 is 15.9 Å². The van der Waals surface area contributed by atoms with Crippen LogP contribution in [0.5, 0.6) is 0 Å². The van der Waals surface area contributed by atoms with Gasteiger partial charge >= 0.3 is 0 Å². The quantitative estimate of drug-likeness (QED) is 0.418. The van der Waals surface area contributed by atoms with Crippen LogP contribution in [0.15, 0.2) is 58.2 Å². The topological polar surface area (TPSA) is 29.4 Å². The highest BCUT2D eigenvalue weighted by molar-refractivity contribution is 9.10. The molecule has 4 rings (SSSR count). The van der Waals surface area contributed by atoms with E-state index in [1.165, 1.54) is 16.7 Å². The van der Waals surface area contributed by atoms with E-state index in [1.54, 1.807) is 6.07 Å². The van der Waals surface area contributed by atoms with E-state index in [-0.39, 0.29) is 0 Å². The maximum atomic E-state index is 11.0. The summed E-state index contributed by atoms with van der Waals surface area (Å²) in [7, 11) is 0. The SMILES string of the molecule is O=Nc1cc(Br)c2c3c(cccc13)-c1ccccc1-2. The monoisotopic (exact) mass is 309 g/mol. The predicted molar refractivity (Wildman–Crippen MR) is 81.5 cm³/mol. The molecule has 0 fully saturated rings. The summed E-state index contributed by atoms with van der Waals surface area (Å²) in [5, 5.41) is 5.19. The van der Waals surface area contributed by atoms with Crippen LogP contribution in [0.25, 0.3) is 33.0 Å². The number of benzene rings is 3. The van der Waals surface area contributed by atoms with Crippen LogP contribution in [0.2, 0.25) is 0 Å². The van der Waals surface area contributed by atoms with Crippen molar-refractivity contribution in [2.75, 3.05) is 0 Å². The number of hydrogen-bond acceptors (Lipinski definition) is 2. The van der Waals surface area contributed by atoms with E-state index < -0.39 is 0 Å². The zero-order valence-electron chi connectivity index (χ0n) is 9.85. The van der Waals surface area contributed by atoms with Crippen molar-refractivity contribution in [2.45, 2.75) is 0 Å². The van der Waals surface area contributed by atoms with E-state index in [2.05, 4.69) is 39.3 Å². The Morgan fingerprint density at radius 2 is 1.63 bits per heavy atom. The molecule has 0 saturated heterocycles. The standard InChI is InChI=1S/C16H8BrNO/c17-13-8-14(18-19)12-7-3-6-10-9-4-1-2-5-11(9)16(13)15(10)12/h1-8H. The maximum Gasteiger partial charge on any atom is 0.117 e. The van der Waals surface area contributed by atoms with Crippen LogP contribution in [0.1, 0.15) is 0 Å². The fourth-order valence-electron chi connectivity index (χ4n) is 2.92. The van der Waals surface area contributed by atoms with Crippen LogP contribution in [-0.2, 0) is 0 Å². The highest BCUT2D eigenvalue weighted by Gasteiger charge is 2.24. The summed E-state index contributed by atoms with van der Waals surface area (Å²) in [5.41, 5.74) is 5.24. The van der Waals surface area contributed by atoms with Crippen LogP contribution in [-0.4, -0.2) is 0 Å². The van der Waals surface area contributed by atoms with Gasteiger partial charge in [-0.3, -0.25) is 0 Å². The van der Waals surface area contributed by atoms with Crippen LogP contribution in [0.3, 0.4) is 0 Å². The Bertz CT molecular complexity index is 855. The molecule has 0 unspecified atom stereocenters. The summed E-state index contributed by atoms with van der Waals surface area (Å²) in [5.74, 6) is 0. The van der Waals surface area contributed by atoms with Gasteiger partial charge in [-0.05, 0) is 27.9 Å². The van der Waals surface area contributed by atoms with E-state index >= 15 is 0 Å².